The largest absolute Gasteiger partial charge is 0.496 e. The molecular weight excluding hydrogens is 324 g/mol. The molecule has 0 aliphatic rings. The zero-order chi connectivity index (χ0) is 18.2. The first-order chi connectivity index (χ1) is 12.1. The average molecular weight is 348 g/mol. The lowest BCUT2D eigenvalue weighted by molar-refractivity contribution is 0.347. The summed E-state index contributed by atoms with van der Waals surface area (Å²) in [6.07, 6.45) is 1.52. The quantitative estimate of drug-likeness (QED) is 0.562. The van der Waals surface area contributed by atoms with Gasteiger partial charge in [-0.15, -0.1) is 0 Å². The van der Waals surface area contributed by atoms with Crippen molar-refractivity contribution in [2.45, 2.75) is 13.1 Å². The lowest BCUT2D eigenvalue weighted by atomic mass is 10.1. The van der Waals surface area contributed by atoms with Crippen LogP contribution in [0.25, 0.3) is 0 Å². The van der Waals surface area contributed by atoms with Gasteiger partial charge in [-0.25, -0.2) is 4.98 Å². The first-order valence-electron chi connectivity index (χ1n) is 7.69. The zero-order valence-electron chi connectivity index (χ0n) is 15.2. The number of rotatable bonds is 7. The molecule has 2 N–H and O–H groups in total. The molecular formula is C16H24N6O3. The van der Waals surface area contributed by atoms with Gasteiger partial charge in [-0.1, -0.05) is 0 Å². The standard InChI is InChI=1S/C16H24N6O3/c1-17-16(19-9-15-20-10-21-22(15)2)18-8-11-6-13(24-4)14(25-5)7-12(11)23-3/h6-7,10H,8-9H2,1-5H3,(H2,17,18,19). The van der Waals surface area contributed by atoms with E-state index in [4.69, 9.17) is 14.2 Å². The smallest absolute Gasteiger partial charge is 0.191 e. The van der Waals surface area contributed by atoms with Crippen molar-refractivity contribution >= 4 is 5.96 Å². The maximum Gasteiger partial charge on any atom is 0.191 e. The van der Waals surface area contributed by atoms with Crippen molar-refractivity contribution < 1.29 is 14.2 Å². The third-order valence-corrected chi connectivity index (χ3v) is 3.68. The second-order valence-corrected chi connectivity index (χ2v) is 5.10. The fourth-order valence-corrected chi connectivity index (χ4v) is 2.27. The van der Waals surface area contributed by atoms with Gasteiger partial charge in [0, 0.05) is 32.3 Å². The van der Waals surface area contributed by atoms with Gasteiger partial charge in [0.15, 0.2) is 17.5 Å². The van der Waals surface area contributed by atoms with Gasteiger partial charge in [0.25, 0.3) is 0 Å². The van der Waals surface area contributed by atoms with Crippen molar-refractivity contribution in [1.82, 2.24) is 25.4 Å². The molecule has 25 heavy (non-hydrogen) atoms. The molecule has 0 atom stereocenters. The Kier molecular flexibility index (Phi) is 6.44. The number of nitrogens with zero attached hydrogens (tertiary/aromatic N) is 4. The van der Waals surface area contributed by atoms with Gasteiger partial charge in [-0.3, -0.25) is 9.67 Å². The number of ether oxygens (including phenoxy) is 3. The summed E-state index contributed by atoms with van der Waals surface area (Å²) in [6.45, 7) is 1.02. The van der Waals surface area contributed by atoms with E-state index in [9.17, 15) is 0 Å². The minimum Gasteiger partial charge on any atom is -0.496 e. The molecule has 0 aliphatic carbocycles. The van der Waals surface area contributed by atoms with Gasteiger partial charge in [0.05, 0.1) is 27.9 Å². The van der Waals surface area contributed by atoms with Crippen molar-refractivity contribution in [3.05, 3.63) is 29.8 Å². The molecule has 0 aliphatic heterocycles. The van der Waals surface area contributed by atoms with E-state index in [1.165, 1.54) is 6.33 Å². The maximum atomic E-state index is 5.43. The van der Waals surface area contributed by atoms with Crippen LogP contribution in [0.1, 0.15) is 11.4 Å². The second kappa shape index (κ2) is 8.76. The number of guanidine groups is 1. The fourth-order valence-electron chi connectivity index (χ4n) is 2.27. The van der Waals surface area contributed by atoms with E-state index in [2.05, 4.69) is 25.7 Å². The lowest BCUT2D eigenvalue weighted by Crippen LogP contribution is -2.37. The first kappa shape index (κ1) is 18.4. The molecule has 0 saturated carbocycles. The Morgan fingerprint density at radius 2 is 1.68 bits per heavy atom. The van der Waals surface area contributed by atoms with Crippen molar-refractivity contribution in [1.29, 1.82) is 0 Å². The van der Waals surface area contributed by atoms with Crippen molar-refractivity contribution in [2.75, 3.05) is 28.4 Å². The molecule has 9 nitrogen and oxygen atoms in total. The summed E-state index contributed by atoms with van der Waals surface area (Å²) >= 11 is 0. The highest BCUT2D eigenvalue weighted by Crippen LogP contribution is 2.34. The number of nitrogens with one attached hydrogen (secondary N) is 2. The maximum absolute atomic E-state index is 5.43. The third-order valence-electron chi connectivity index (χ3n) is 3.68. The van der Waals surface area contributed by atoms with Gasteiger partial charge in [0.2, 0.25) is 0 Å². The summed E-state index contributed by atoms with van der Waals surface area (Å²) < 4.78 is 17.8. The minimum atomic E-state index is 0.502. The molecule has 0 saturated heterocycles. The molecule has 9 heteroatoms. The molecule has 136 valence electrons. The topological polar surface area (TPSA) is 94.8 Å². The molecule has 0 fully saturated rings. The summed E-state index contributed by atoms with van der Waals surface area (Å²) in [6, 6.07) is 3.67. The van der Waals surface area contributed by atoms with E-state index in [-0.39, 0.29) is 0 Å². The van der Waals surface area contributed by atoms with Crippen LogP contribution in [0.5, 0.6) is 17.2 Å². The summed E-state index contributed by atoms with van der Waals surface area (Å²) in [4.78, 5) is 8.37. The average Bonchev–Trinajstić information content (AvgIpc) is 3.06. The number of hydrogen-bond donors (Lipinski definition) is 2. The Bertz CT molecular complexity index is 729. The number of benzene rings is 1. The van der Waals surface area contributed by atoms with Gasteiger partial charge in [-0.05, 0) is 6.07 Å². The summed E-state index contributed by atoms with van der Waals surface area (Å²) in [5.41, 5.74) is 0.918. The van der Waals surface area contributed by atoms with Crippen LogP contribution in [0.2, 0.25) is 0 Å². The second-order valence-electron chi connectivity index (χ2n) is 5.10. The van der Waals surface area contributed by atoms with Crippen molar-refractivity contribution in [3.8, 4) is 17.2 Å². The van der Waals surface area contributed by atoms with Crippen LogP contribution < -0.4 is 24.8 Å². The van der Waals surface area contributed by atoms with Crippen molar-refractivity contribution in [2.24, 2.45) is 12.0 Å². The van der Waals surface area contributed by atoms with E-state index in [1.807, 2.05) is 13.1 Å². The van der Waals surface area contributed by atoms with Crippen LogP contribution in [0.4, 0.5) is 0 Å². The molecule has 0 bridgehead atoms. The number of hydrogen-bond acceptors (Lipinski definition) is 6. The van der Waals surface area contributed by atoms with Crippen LogP contribution in [0.15, 0.2) is 23.5 Å². The van der Waals surface area contributed by atoms with Crippen LogP contribution in [-0.2, 0) is 20.1 Å². The Hall–Kier alpha value is -2.97. The molecule has 0 amide bonds. The fraction of sp³-hybridized carbons (Fsp3) is 0.438. The minimum absolute atomic E-state index is 0.502. The highest BCUT2D eigenvalue weighted by Gasteiger charge is 2.12. The molecule has 2 aromatic rings. The number of methoxy groups -OCH3 is 3. The summed E-state index contributed by atoms with van der Waals surface area (Å²) in [7, 11) is 8.36. The SMILES string of the molecule is CN=C(NCc1cc(OC)c(OC)cc1OC)NCc1ncnn1C. The third kappa shape index (κ3) is 4.52. The Balaban J connectivity index is 2.04. The predicted molar refractivity (Wildman–Crippen MR) is 94.1 cm³/mol. The van der Waals surface area contributed by atoms with Crippen LogP contribution in [0, 0.1) is 0 Å². The molecule has 2 rings (SSSR count). The molecule has 1 aromatic heterocycles. The van der Waals surface area contributed by atoms with E-state index < -0.39 is 0 Å². The molecule has 0 spiro atoms. The Morgan fingerprint density at radius 1 is 1.04 bits per heavy atom. The summed E-state index contributed by atoms with van der Waals surface area (Å²) in [5, 5.41) is 10.5. The van der Waals surface area contributed by atoms with Crippen LogP contribution >= 0.6 is 0 Å². The molecule has 0 radical (unpaired) electrons. The molecule has 1 aromatic carbocycles. The Morgan fingerprint density at radius 3 is 2.24 bits per heavy atom. The van der Waals surface area contributed by atoms with E-state index in [1.54, 1.807) is 39.1 Å². The van der Waals surface area contributed by atoms with E-state index in [0.29, 0.717) is 36.3 Å². The lowest BCUT2D eigenvalue weighted by Gasteiger charge is -2.16. The predicted octanol–water partition coefficient (Wildman–Crippen LogP) is 0.706. The Labute approximate surface area is 147 Å². The highest BCUT2D eigenvalue weighted by molar-refractivity contribution is 5.79. The number of aliphatic imine (C=N–C) groups is 1. The molecule has 1 heterocycles. The monoisotopic (exact) mass is 348 g/mol. The van der Waals surface area contributed by atoms with E-state index >= 15 is 0 Å². The first-order valence-corrected chi connectivity index (χ1v) is 7.69. The number of aromatic nitrogens is 3. The normalized spacial score (nSPS) is 11.2. The number of aryl methyl sites for hydroxylation is 1. The highest BCUT2D eigenvalue weighted by atomic mass is 16.5. The van der Waals surface area contributed by atoms with Gasteiger partial charge >= 0.3 is 0 Å². The van der Waals surface area contributed by atoms with Gasteiger partial charge in [0.1, 0.15) is 17.9 Å². The van der Waals surface area contributed by atoms with Crippen LogP contribution in [0.3, 0.4) is 0 Å². The van der Waals surface area contributed by atoms with E-state index in [0.717, 1.165) is 11.4 Å². The molecule has 0 unspecified atom stereocenters. The van der Waals surface area contributed by atoms with Crippen LogP contribution in [-0.4, -0.2) is 49.1 Å². The van der Waals surface area contributed by atoms with Gasteiger partial charge < -0.3 is 24.8 Å². The van der Waals surface area contributed by atoms with Crippen molar-refractivity contribution in [3.63, 3.8) is 0 Å². The van der Waals surface area contributed by atoms with Gasteiger partial charge in [-0.2, -0.15) is 5.10 Å². The zero-order valence-corrected chi connectivity index (χ0v) is 15.2. The summed E-state index contributed by atoms with van der Waals surface area (Å²) in [5.74, 6) is 3.41.